The fourth-order valence-electron chi connectivity index (χ4n) is 16.2. The van der Waals surface area contributed by atoms with E-state index in [2.05, 4.69) is 26.8 Å². The Balaban J connectivity index is 1.10. The molecule has 0 bridgehead atoms. The molecule has 8 aliphatic rings. The summed E-state index contributed by atoms with van der Waals surface area (Å²) in [7, 11) is 0. The molecule has 7 fully saturated rings. The zero-order chi connectivity index (χ0) is 57.6. The number of esters is 2. The molecule has 3 aliphatic heterocycles. The second-order valence-corrected chi connectivity index (χ2v) is 25.4. The predicted molar refractivity (Wildman–Crippen MR) is 268 cm³/mol. The first-order chi connectivity index (χ1) is 36.5. The van der Waals surface area contributed by atoms with Crippen LogP contribution in [0.25, 0.3) is 0 Å². The Kier molecular flexibility index (Phi) is 17.6. The molecular weight excluding hydrogens is 1030 g/mol. The molecule has 0 aromatic rings. The summed E-state index contributed by atoms with van der Waals surface area (Å²) in [6.07, 6.45) is -22.0. The molecule has 3 heterocycles. The highest BCUT2D eigenvalue weighted by Gasteiger charge is 2.74. The van der Waals surface area contributed by atoms with E-state index in [0.717, 1.165) is 5.57 Å². The smallest absolute Gasteiger partial charge is 0.333 e. The normalized spacial score (nSPS) is 50.2. The van der Waals surface area contributed by atoms with Gasteiger partial charge >= 0.3 is 17.9 Å². The summed E-state index contributed by atoms with van der Waals surface area (Å²) in [4.78, 5) is 40.4. The van der Waals surface area contributed by atoms with Crippen LogP contribution >= 0.6 is 0 Å². The van der Waals surface area contributed by atoms with Crippen LogP contribution < -0.4 is 0 Å². The van der Waals surface area contributed by atoms with E-state index in [4.69, 9.17) is 37.9 Å². The fraction of sp³-hybridized carbons (Fsp3) is 0.873. The summed E-state index contributed by atoms with van der Waals surface area (Å²) in [5, 5.41) is 130. The average Bonchev–Trinajstić information content (AvgIpc) is 3.52. The van der Waals surface area contributed by atoms with Crippen molar-refractivity contribution in [1.29, 1.82) is 0 Å². The summed E-state index contributed by atoms with van der Waals surface area (Å²) in [6, 6.07) is 0. The number of fused-ring (bicyclic) bond motifs is 7. The molecule has 0 radical (unpaired) electrons. The lowest BCUT2D eigenvalue weighted by molar-refractivity contribution is -0.396. The minimum Gasteiger partial charge on any atom is -0.481 e. The first-order valence-corrected chi connectivity index (χ1v) is 27.6. The zero-order valence-electron chi connectivity index (χ0n) is 46.1. The first-order valence-electron chi connectivity index (χ1n) is 27.6. The number of carboxylic acids is 1. The summed E-state index contributed by atoms with van der Waals surface area (Å²) < 4.78 is 48.8. The molecule has 0 unspecified atom stereocenters. The van der Waals surface area contributed by atoms with Crippen LogP contribution in [-0.4, -0.2) is 216 Å². The molecule has 26 atom stereocenters. The van der Waals surface area contributed by atoms with Crippen molar-refractivity contribution in [2.24, 2.45) is 50.2 Å². The van der Waals surface area contributed by atoms with Gasteiger partial charge in [0.1, 0.15) is 84.8 Å². The van der Waals surface area contributed by atoms with Gasteiger partial charge in [0.25, 0.3) is 0 Å². The van der Waals surface area contributed by atoms with Gasteiger partial charge in [-0.1, -0.05) is 59.3 Å². The third-order valence-corrected chi connectivity index (χ3v) is 21.0. The molecule has 0 aromatic carbocycles. The van der Waals surface area contributed by atoms with Crippen LogP contribution in [0.4, 0.5) is 0 Å². The van der Waals surface area contributed by atoms with Crippen LogP contribution in [0, 0.1) is 50.2 Å². The molecule has 0 spiro atoms. The molecule has 23 heteroatoms. The fourth-order valence-corrected chi connectivity index (χ4v) is 16.2. The van der Waals surface area contributed by atoms with E-state index in [0.29, 0.717) is 50.5 Å². The summed E-state index contributed by atoms with van der Waals surface area (Å²) >= 11 is 0. The van der Waals surface area contributed by atoms with Crippen molar-refractivity contribution in [1.82, 2.24) is 0 Å². The molecule has 8 rings (SSSR count). The van der Waals surface area contributed by atoms with Gasteiger partial charge in [-0.25, -0.2) is 4.79 Å². The Morgan fingerprint density at radius 1 is 0.641 bits per heavy atom. The van der Waals surface area contributed by atoms with Crippen LogP contribution in [0.15, 0.2) is 23.3 Å². The Hall–Kier alpha value is -2.79. The van der Waals surface area contributed by atoms with Crippen LogP contribution in [0.2, 0.25) is 0 Å². The Bertz CT molecular complexity index is 2260. The van der Waals surface area contributed by atoms with Crippen LogP contribution in [0.3, 0.4) is 0 Å². The van der Waals surface area contributed by atoms with Gasteiger partial charge in [-0.15, -0.1) is 0 Å². The Morgan fingerprint density at radius 2 is 1.21 bits per heavy atom. The minimum absolute atomic E-state index is 0.00542. The highest BCUT2D eigenvalue weighted by atomic mass is 16.8. The van der Waals surface area contributed by atoms with Gasteiger partial charge in [-0.3, -0.25) is 9.59 Å². The van der Waals surface area contributed by atoms with E-state index < -0.39 is 187 Å². The van der Waals surface area contributed by atoms with E-state index in [1.54, 1.807) is 19.9 Å². The second kappa shape index (κ2) is 22.4. The predicted octanol–water partition coefficient (Wildman–Crippen LogP) is -0.292. The number of carboxylic acid groups (broad SMARTS) is 1. The maximum absolute atomic E-state index is 14.0. The van der Waals surface area contributed by atoms with E-state index in [1.165, 1.54) is 6.92 Å². The van der Waals surface area contributed by atoms with Gasteiger partial charge in [0.2, 0.25) is 0 Å². The molecule has 444 valence electrons. The average molecular weight is 1120 g/mol. The lowest BCUT2D eigenvalue weighted by atomic mass is 9.33. The SMILES string of the molecule is CC=C(C)C(=O)O[C@H]1[C@H](OC(C)=O)[C@]2(C(=O)O)CC[C@]3(C)C(=CC[C@@H]4[C@@]5(C)CC[C@H](O[C@@H]6O[C@H](CO)[C@@H](O[C@@H]7O[C@H](CO)[C@@H](O)[C@H](O)[C@H]7O)[C@H](O)[C@H]6O[C@@H]6O[C@H](CO)[C@H](O)[C@H](O)[C@H]6O)[C@](C)(CO)[C@H]5CC[C@]43C)[C@H]2CC1(C)C. The van der Waals surface area contributed by atoms with Gasteiger partial charge in [0.05, 0.1) is 32.5 Å². The third kappa shape index (κ3) is 9.72. The number of aliphatic hydroxyl groups excluding tert-OH is 11. The summed E-state index contributed by atoms with van der Waals surface area (Å²) in [5.41, 5.74) is -3.59. The number of allylic oxidation sites excluding steroid dienone is 3. The number of rotatable bonds is 14. The highest BCUT2D eigenvalue weighted by Crippen LogP contribution is 2.76. The van der Waals surface area contributed by atoms with E-state index in [1.807, 2.05) is 20.8 Å². The number of hydrogen-bond acceptors (Lipinski definition) is 22. The minimum atomic E-state index is -1.96. The number of carbonyl (C=O) groups is 3. The number of aliphatic carboxylic acids is 1. The molecular formula is C55H86O23. The van der Waals surface area contributed by atoms with Crippen molar-refractivity contribution in [3.63, 3.8) is 0 Å². The molecule has 3 saturated heterocycles. The molecule has 5 aliphatic carbocycles. The standard InChI is InChI=1S/C55H86O23/c1-10-24(2)45(68)78-43-44(71-25(3)60)55(49(69)70)18-17-53(8)26(27(55)19-50(43,4)5)11-12-32-51(6)15-14-33(52(7,23-59)31(51)13-16-54(32,53)9)75-48-42(77-47-39(66)37(64)35(62)29(21-57)73-47)40(67)41(30(22-58)74-48)76-46-38(65)36(63)34(61)28(20-56)72-46/h10-11,27-44,46-48,56-59,61-67H,12-23H2,1-9H3,(H,69,70)/t27-,28-,29-,30-,31+,32-,33+,34-,35+,36+,37+,38-,39-,40+,41-,42-,43+,44+,46+,47+,48+,51+,52-,53-,54-,55+/m1/s1. The maximum atomic E-state index is 14.0. The lowest BCUT2D eigenvalue weighted by Crippen LogP contribution is -2.70. The first kappa shape index (κ1) is 61.3. The van der Waals surface area contributed by atoms with Crippen molar-refractivity contribution in [3.05, 3.63) is 23.3 Å². The van der Waals surface area contributed by atoms with Gasteiger partial charge < -0.3 is 99.2 Å². The number of aliphatic hydroxyl groups is 11. The van der Waals surface area contributed by atoms with Crippen LogP contribution in [-0.2, 0) is 52.3 Å². The molecule has 78 heavy (non-hydrogen) atoms. The highest BCUT2D eigenvalue weighted by molar-refractivity contribution is 5.88. The van der Waals surface area contributed by atoms with E-state index >= 15 is 0 Å². The van der Waals surface area contributed by atoms with Crippen LogP contribution in [0.1, 0.15) is 114 Å². The summed E-state index contributed by atoms with van der Waals surface area (Å²) in [5.74, 6) is -3.24. The second-order valence-electron chi connectivity index (χ2n) is 25.4. The van der Waals surface area contributed by atoms with Crippen molar-refractivity contribution in [2.75, 3.05) is 26.4 Å². The lowest BCUT2D eigenvalue weighted by Gasteiger charge is -2.71. The maximum Gasteiger partial charge on any atom is 0.333 e. The molecule has 0 amide bonds. The molecule has 12 N–H and O–H groups in total. The number of ether oxygens (including phenoxy) is 8. The van der Waals surface area contributed by atoms with Crippen molar-refractivity contribution in [2.45, 2.75) is 224 Å². The van der Waals surface area contributed by atoms with E-state index in [9.17, 15) is 75.7 Å². The van der Waals surface area contributed by atoms with E-state index in [-0.39, 0.29) is 24.9 Å². The van der Waals surface area contributed by atoms with Gasteiger partial charge in [0, 0.05) is 29.2 Å². The van der Waals surface area contributed by atoms with Crippen molar-refractivity contribution < 1.29 is 114 Å². The summed E-state index contributed by atoms with van der Waals surface area (Å²) in [6.45, 7) is 14.2. The van der Waals surface area contributed by atoms with Gasteiger partial charge in [-0.05, 0) is 93.3 Å². The third-order valence-electron chi connectivity index (χ3n) is 21.0. The largest absolute Gasteiger partial charge is 0.481 e. The molecule has 23 nitrogen and oxygen atoms in total. The molecule has 0 aromatic heterocycles. The monoisotopic (exact) mass is 1110 g/mol. The molecule has 4 saturated carbocycles. The van der Waals surface area contributed by atoms with Gasteiger partial charge in [-0.2, -0.15) is 0 Å². The Labute approximate surface area is 454 Å². The quantitative estimate of drug-likeness (QED) is 0.0460. The zero-order valence-corrected chi connectivity index (χ0v) is 46.1. The number of hydrogen-bond donors (Lipinski definition) is 12. The van der Waals surface area contributed by atoms with Crippen molar-refractivity contribution >= 4 is 17.9 Å². The van der Waals surface area contributed by atoms with Crippen molar-refractivity contribution in [3.8, 4) is 0 Å². The van der Waals surface area contributed by atoms with Gasteiger partial charge in [0.15, 0.2) is 25.0 Å². The van der Waals surface area contributed by atoms with Crippen LogP contribution in [0.5, 0.6) is 0 Å². The Morgan fingerprint density at radius 3 is 1.73 bits per heavy atom. The topological polar surface area (TPSA) is 368 Å². The number of carbonyl (C=O) groups excluding carboxylic acids is 2.